The first-order valence-corrected chi connectivity index (χ1v) is 6.59. The summed E-state index contributed by atoms with van der Waals surface area (Å²) in [5.74, 6) is -1.46. The Labute approximate surface area is 123 Å². The predicted molar refractivity (Wildman–Crippen MR) is 77.6 cm³/mol. The molecule has 0 heterocycles. The van der Waals surface area contributed by atoms with Gasteiger partial charge in [-0.15, -0.1) is 0 Å². The van der Waals surface area contributed by atoms with Gasteiger partial charge in [-0.05, 0) is 30.3 Å². The topological polar surface area (TPSA) is 41.1 Å². The van der Waals surface area contributed by atoms with Crippen molar-refractivity contribution < 1.29 is 13.6 Å². The van der Waals surface area contributed by atoms with Gasteiger partial charge in [-0.1, -0.05) is 28.1 Å². The number of anilines is 2. The van der Waals surface area contributed by atoms with Crippen molar-refractivity contribution in [3.8, 4) is 0 Å². The van der Waals surface area contributed by atoms with Crippen molar-refractivity contribution in [1.29, 1.82) is 0 Å². The van der Waals surface area contributed by atoms with Crippen LogP contribution in [0.15, 0.2) is 46.9 Å². The first-order chi connectivity index (χ1) is 9.56. The third kappa shape index (κ3) is 3.77. The van der Waals surface area contributed by atoms with Crippen molar-refractivity contribution in [3.63, 3.8) is 0 Å². The second-order valence-electron chi connectivity index (χ2n) is 4.01. The Morgan fingerprint density at radius 1 is 1.05 bits per heavy atom. The summed E-state index contributed by atoms with van der Waals surface area (Å²) < 4.78 is 27.4. The van der Waals surface area contributed by atoms with Gasteiger partial charge in [-0.2, -0.15) is 0 Å². The second kappa shape index (κ2) is 6.47. The van der Waals surface area contributed by atoms with E-state index in [-0.39, 0.29) is 17.9 Å². The Morgan fingerprint density at radius 3 is 2.50 bits per heavy atom. The number of hydrogen-bond acceptors (Lipinski definition) is 2. The van der Waals surface area contributed by atoms with Gasteiger partial charge in [0.15, 0.2) is 0 Å². The minimum atomic E-state index is -0.543. The highest BCUT2D eigenvalue weighted by atomic mass is 79.9. The molecule has 3 nitrogen and oxygen atoms in total. The summed E-state index contributed by atoms with van der Waals surface area (Å²) in [4.78, 5) is 11.7. The van der Waals surface area contributed by atoms with Crippen molar-refractivity contribution in [2.75, 3.05) is 17.2 Å². The van der Waals surface area contributed by atoms with Crippen LogP contribution in [0.5, 0.6) is 0 Å². The summed E-state index contributed by atoms with van der Waals surface area (Å²) in [5.41, 5.74) is 0.299. The number of nitrogens with one attached hydrogen (secondary N) is 2. The van der Waals surface area contributed by atoms with E-state index in [2.05, 4.69) is 26.6 Å². The van der Waals surface area contributed by atoms with Crippen molar-refractivity contribution in [1.82, 2.24) is 0 Å². The Morgan fingerprint density at radius 2 is 1.80 bits per heavy atom. The molecule has 0 saturated heterocycles. The SMILES string of the molecule is O=C(CNc1ccccc1F)Nc1ccc(Br)cc1F. The van der Waals surface area contributed by atoms with Crippen molar-refractivity contribution >= 4 is 33.2 Å². The smallest absolute Gasteiger partial charge is 0.243 e. The number of hydrogen-bond donors (Lipinski definition) is 2. The molecule has 0 radical (unpaired) electrons. The molecule has 20 heavy (non-hydrogen) atoms. The first-order valence-electron chi connectivity index (χ1n) is 5.79. The van der Waals surface area contributed by atoms with Gasteiger partial charge in [0.2, 0.25) is 5.91 Å². The van der Waals surface area contributed by atoms with Crippen molar-refractivity contribution in [2.45, 2.75) is 0 Å². The molecule has 6 heteroatoms. The number of halogens is 3. The van der Waals surface area contributed by atoms with Gasteiger partial charge >= 0.3 is 0 Å². The van der Waals surface area contributed by atoms with E-state index in [0.29, 0.717) is 4.47 Å². The van der Waals surface area contributed by atoms with E-state index in [0.717, 1.165) is 0 Å². The lowest BCUT2D eigenvalue weighted by molar-refractivity contribution is -0.114. The van der Waals surface area contributed by atoms with Crippen LogP contribution >= 0.6 is 15.9 Å². The molecule has 0 unspecified atom stereocenters. The van der Waals surface area contributed by atoms with Crippen LogP contribution in [0, 0.1) is 11.6 Å². The molecule has 0 aliphatic rings. The van der Waals surface area contributed by atoms with Crippen LogP contribution in [0.25, 0.3) is 0 Å². The molecule has 0 atom stereocenters. The van der Waals surface area contributed by atoms with Crippen molar-refractivity contribution in [2.24, 2.45) is 0 Å². The molecule has 0 aliphatic heterocycles. The molecule has 0 fully saturated rings. The minimum absolute atomic E-state index is 0.0773. The second-order valence-corrected chi connectivity index (χ2v) is 4.92. The predicted octanol–water partition coefficient (Wildman–Crippen LogP) is 3.78. The quantitative estimate of drug-likeness (QED) is 0.889. The van der Waals surface area contributed by atoms with Crippen LogP contribution in [-0.2, 0) is 4.79 Å². The van der Waals surface area contributed by atoms with E-state index in [1.807, 2.05) is 0 Å². The number of benzene rings is 2. The summed E-state index contributed by atoms with van der Waals surface area (Å²) in [6.07, 6.45) is 0. The lowest BCUT2D eigenvalue weighted by Crippen LogP contribution is -2.22. The highest BCUT2D eigenvalue weighted by Crippen LogP contribution is 2.19. The van der Waals surface area contributed by atoms with E-state index in [1.54, 1.807) is 18.2 Å². The molecule has 2 N–H and O–H groups in total. The van der Waals surface area contributed by atoms with Gasteiger partial charge < -0.3 is 10.6 Å². The average Bonchev–Trinajstić information content (AvgIpc) is 2.41. The van der Waals surface area contributed by atoms with Gasteiger partial charge in [0, 0.05) is 4.47 Å². The molecule has 2 aromatic carbocycles. The van der Waals surface area contributed by atoms with Crippen LogP contribution in [0.1, 0.15) is 0 Å². The molecule has 1 amide bonds. The zero-order valence-electron chi connectivity index (χ0n) is 10.3. The summed E-state index contributed by atoms with van der Waals surface area (Å²) in [5, 5.41) is 5.05. The molecule has 0 aromatic heterocycles. The zero-order chi connectivity index (χ0) is 14.5. The normalized spacial score (nSPS) is 10.2. The van der Waals surface area contributed by atoms with Crippen LogP contribution in [0.3, 0.4) is 0 Å². The van der Waals surface area contributed by atoms with E-state index in [9.17, 15) is 13.6 Å². The number of para-hydroxylation sites is 1. The van der Waals surface area contributed by atoms with Crippen LogP contribution < -0.4 is 10.6 Å². The fraction of sp³-hybridized carbons (Fsp3) is 0.0714. The molecule has 2 rings (SSSR count). The molecular weight excluding hydrogens is 330 g/mol. The Hall–Kier alpha value is -1.95. The maximum absolute atomic E-state index is 13.5. The molecule has 0 aliphatic carbocycles. The maximum Gasteiger partial charge on any atom is 0.243 e. The Kier molecular flexibility index (Phi) is 4.68. The largest absolute Gasteiger partial charge is 0.374 e. The van der Waals surface area contributed by atoms with Crippen LogP contribution in [0.4, 0.5) is 20.2 Å². The Bertz CT molecular complexity index is 634. The van der Waals surface area contributed by atoms with Gasteiger partial charge in [0.25, 0.3) is 0 Å². The molecule has 0 bridgehead atoms. The third-order valence-electron chi connectivity index (χ3n) is 2.52. The number of carbonyl (C=O) groups is 1. The Balaban J connectivity index is 1.94. The van der Waals surface area contributed by atoms with Gasteiger partial charge in [0.05, 0.1) is 17.9 Å². The summed E-state index contributed by atoms with van der Waals surface area (Å²) >= 11 is 3.13. The number of carbonyl (C=O) groups excluding carboxylic acids is 1. The summed E-state index contributed by atoms with van der Waals surface area (Å²) in [6.45, 7) is -0.156. The molecule has 2 aromatic rings. The van der Waals surface area contributed by atoms with Gasteiger partial charge in [0.1, 0.15) is 11.6 Å². The lowest BCUT2D eigenvalue weighted by atomic mass is 10.3. The molecular formula is C14H11BrF2N2O. The van der Waals surface area contributed by atoms with Crippen molar-refractivity contribution in [3.05, 3.63) is 58.6 Å². The van der Waals surface area contributed by atoms with Crippen LogP contribution in [0.2, 0.25) is 0 Å². The fourth-order valence-corrected chi connectivity index (χ4v) is 1.90. The third-order valence-corrected chi connectivity index (χ3v) is 3.01. The summed E-state index contributed by atoms with van der Waals surface area (Å²) in [6, 6.07) is 10.3. The lowest BCUT2D eigenvalue weighted by Gasteiger charge is -2.09. The zero-order valence-corrected chi connectivity index (χ0v) is 11.9. The van der Waals surface area contributed by atoms with Gasteiger partial charge in [-0.3, -0.25) is 4.79 Å². The van der Waals surface area contributed by atoms with E-state index in [4.69, 9.17) is 0 Å². The standard InChI is InChI=1S/C14H11BrF2N2O/c15-9-5-6-13(11(17)7-9)19-14(20)8-18-12-4-2-1-3-10(12)16/h1-7,18H,8H2,(H,19,20). The molecule has 0 saturated carbocycles. The number of rotatable bonds is 4. The highest BCUT2D eigenvalue weighted by molar-refractivity contribution is 9.10. The van der Waals surface area contributed by atoms with E-state index >= 15 is 0 Å². The molecule has 0 spiro atoms. The maximum atomic E-state index is 13.5. The first kappa shape index (κ1) is 14.5. The van der Waals surface area contributed by atoms with E-state index in [1.165, 1.54) is 24.3 Å². The van der Waals surface area contributed by atoms with E-state index < -0.39 is 17.5 Å². The summed E-state index contributed by atoms with van der Waals surface area (Å²) in [7, 11) is 0. The molecule has 104 valence electrons. The minimum Gasteiger partial charge on any atom is -0.374 e. The highest BCUT2D eigenvalue weighted by Gasteiger charge is 2.08. The average molecular weight is 341 g/mol. The van der Waals surface area contributed by atoms with Gasteiger partial charge in [-0.25, -0.2) is 8.78 Å². The van der Waals surface area contributed by atoms with Crippen LogP contribution in [-0.4, -0.2) is 12.5 Å². The number of amides is 1. The monoisotopic (exact) mass is 340 g/mol. The fourth-order valence-electron chi connectivity index (χ4n) is 1.57.